The van der Waals surface area contributed by atoms with E-state index in [-0.39, 0.29) is 18.1 Å². The maximum absolute atomic E-state index is 12.7. The van der Waals surface area contributed by atoms with Crippen LogP contribution in [0.4, 0.5) is 0 Å². The lowest BCUT2D eigenvalue weighted by molar-refractivity contribution is -0.137. The highest BCUT2D eigenvalue weighted by molar-refractivity contribution is 5.82. The molecule has 2 aliphatic heterocycles. The van der Waals surface area contributed by atoms with Crippen molar-refractivity contribution in [2.45, 2.75) is 44.9 Å². The van der Waals surface area contributed by atoms with Gasteiger partial charge in [-0.15, -0.1) is 0 Å². The highest BCUT2D eigenvalue weighted by atomic mass is 16.5. The summed E-state index contributed by atoms with van der Waals surface area (Å²) in [6.45, 7) is 5.13. The molecule has 1 saturated heterocycles. The Morgan fingerprint density at radius 1 is 1.38 bits per heavy atom. The Balaban J connectivity index is 1.63. The number of ether oxygens (including phenoxy) is 1. The molecule has 2 aliphatic rings. The number of benzene rings is 1. The van der Waals surface area contributed by atoms with Gasteiger partial charge in [-0.2, -0.15) is 0 Å². The molecular formula is C17H24N2O2. The third-order valence-corrected chi connectivity index (χ3v) is 4.47. The molecule has 1 fully saturated rings. The number of carbonyl (C=O) groups excluding carboxylic acids is 1. The minimum atomic E-state index is -0.0831. The molecule has 21 heavy (non-hydrogen) atoms. The molecule has 1 unspecified atom stereocenters. The van der Waals surface area contributed by atoms with E-state index in [0.29, 0.717) is 0 Å². The minimum absolute atomic E-state index is 0.0831. The molecule has 2 heterocycles. The van der Waals surface area contributed by atoms with Gasteiger partial charge in [-0.1, -0.05) is 24.3 Å². The number of carbonyl (C=O) groups is 1. The highest BCUT2D eigenvalue weighted by Gasteiger charge is 2.31. The number of piperidine rings is 1. The molecule has 2 atom stereocenters. The summed E-state index contributed by atoms with van der Waals surface area (Å²) in [6, 6.07) is 8.29. The molecule has 0 radical (unpaired) electrons. The summed E-state index contributed by atoms with van der Waals surface area (Å²) < 4.78 is 5.69. The first-order valence-corrected chi connectivity index (χ1v) is 7.98. The van der Waals surface area contributed by atoms with Crippen LogP contribution in [0.25, 0.3) is 0 Å². The molecule has 1 amide bonds. The van der Waals surface area contributed by atoms with Crippen molar-refractivity contribution in [3.63, 3.8) is 0 Å². The molecule has 114 valence electrons. The normalized spacial score (nSPS) is 25.5. The van der Waals surface area contributed by atoms with Crippen LogP contribution in [0.15, 0.2) is 24.3 Å². The first-order valence-electron chi connectivity index (χ1n) is 7.98. The molecule has 1 aromatic carbocycles. The molecule has 0 aliphatic carbocycles. The van der Waals surface area contributed by atoms with E-state index >= 15 is 0 Å². The molecule has 0 aromatic heterocycles. The number of hydrogen-bond acceptors (Lipinski definition) is 3. The van der Waals surface area contributed by atoms with Crippen molar-refractivity contribution >= 4 is 5.91 Å². The van der Waals surface area contributed by atoms with Crippen LogP contribution >= 0.6 is 0 Å². The van der Waals surface area contributed by atoms with Crippen molar-refractivity contribution in [3.8, 4) is 0 Å². The zero-order valence-electron chi connectivity index (χ0n) is 12.7. The van der Waals surface area contributed by atoms with Crippen LogP contribution in [0.3, 0.4) is 0 Å². The average Bonchev–Trinajstić information content (AvgIpc) is 2.54. The topological polar surface area (TPSA) is 41.6 Å². The zero-order chi connectivity index (χ0) is 14.7. The summed E-state index contributed by atoms with van der Waals surface area (Å²) in [4.78, 5) is 14.7. The van der Waals surface area contributed by atoms with E-state index in [4.69, 9.17) is 4.74 Å². The second-order valence-corrected chi connectivity index (χ2v) is 5.91. The third kappa shape index (κ3) is 3.27. The third-order valence-electron chi connectivity index (χ3n) is 4.47. The number of nitrogens with one attached hydrogen (secondary N) is 1. The molecule has 4 heteroatoms. The smallest absolute Gasteiger partial charge is 0.240 e. The van der Waals surface area contributed by atoms with Gasteiger partial charge in [0.05, 0.1) is 12.1 Å². The van der Waals surface area contributed by atoms with E-state index in [1.54, 1.807) is 0 Å². The lowest BCUT2D eigenvalue weighted by Gasteiger charge is -2.36. The van der Waals surface area contributed by atoms with Crippen molar-refractivity contribution in [1.29, 1.82) is 0 Å². The summed E-state index contributed by atoms with van der Waals surface area (Å²) >= 11 is 0. The van der Waals surface area contributed by atoms with Crippen LogP contribution in [-0.4, -0.2) is 42.6 Å². The van der Waals surface area contributed by atoms with Gasteiger partial charge >= 0.3 is 0 Å². The van der Waals surface area contributed by atoms with E-state index in [1.165, 1.54) is 11.1 Å². The van der Waals surface area contributed by atoms with E-state index in [9.17, 15) is 4.79 Å². The summed E-state index contributed by atoms with van der Waals surface area (Å²) in [6.07, 6.45) is 3.12. The van der Waals surface area contributed by atoms with Crippen molar-refractivity contribution in [2.24, 2.45) is 0 Å². The van der Waals surface area contributed by atoms with Gasteiger partial charge < -0.3 is 15.0 Å². The van der Waals surface area contributed by atoms with Gasteiger partial charge in [0.15, 0.2) is 0 Å². The van der Waals surface area contributed by atoms with Crippen LogP contribution < -0.4 is 5.32 Å². The largest absolute Gasteiger partial charge is 0.377 e. The van der Waals surface area contributed by atoms with Gasteiger partial charge in [0.2, 0.25) is 5.91 Å². The standard InChI is InChI=1S/C17H24N2O2/c1-2-21-15-8-5-9-19(12-15)17(20)16-10-13-6-3-4-7-14(13)11-18-16/h3-4,6-7,15-16,18H,2,5,8-12H2,1H3/t15?,16-/m0/s1. The summed E-state index contributed by atoms with van der Waals surface area (Å²) in [7, 11) is 0. The van der Waals surface area contributed by atoms with Gasteiger partial charge in [0.1, 0.15) is 0 Å². The number of rotatable bonds is 3. The van der Waals surface area contributed by atoms with Crippen molar-refractivity contribution < 1.29 is 9.53 Å². The van der Waals surface area contributed by atoms with E-state index in [1.807, 2.05) is 11.8 Å². The molecule has 1 N–H and O–H groups in total. The predicted molar refractivity (Wildman–Crippen MR) is 82.0 cm³/mol. The first-order chi connectivity index (χ1) is 10.3. The second kappa shape index (κ2) is 6.58. The summed E-state index contributed by atoms with van der Waals surface area (Å²) in [5.41, 5.74) is 2.61. The number of likely N-dealkylation sites (tertiary alicyclic amines) is 1. The Morgan fingerprint density at radius 2 is 2.19 bits per heavy atom. The molecule has 0 bridgehead atoms. The van der Waals surface area contributed by atoms with Crippen molar-refractivity contribution in [2.75, 3.05) is 19.7 Å². The van der Waals surface area contributed by atoms with Gasteiger partial charge in [-0.25, -0.2) is 0 Å². The molecule has 0 spiro atoms. The van der Waals surface area contributed by atoms with Gasteiger partial charge in [-0.05, 0) is 37.3 Å². The predicted octanol–water partition coefficient (Wildman–Crippen LogP) is 1.73. The fourth-order valence-corrected chi connectivity index (χ4v) is 3.36. The Hall–Kier alpha value is -1.39. The second-order valence-electron chi connectivity index (χ2n) is 5.91. The summed E-state index contributed by atoms with van der Waals surface area (Å²) in [5, 5.41) is 3.39. The number of nitrogens with zero attached hydrogens (tertiary/aromatic N) is 1. The lowest BCUT2D eigenvalue weighted by Crippen LogP contribution is -2.53. The molecular weight excluding hydrogens is 264 g/mol. The highest BCUT2D eigenvalue weighted by Crippen LogP contribution is 2.20. The molecule has 1 aromatic rings. The quantitative estimate of drug-likeness (QED) is 0.921. The number of fused-ring (bicyclic) bond motifs is 1. The van der Waals surface area contributed by atoms with Crippen LogP contribution in [0.5, 0.6) is 0 Å². The van der Waals surface area contributed by atoms with Crippen LogP contribution in [0.2, 0.25) is 0 Å². The summed E-state index contributed by atoms with van der Waals surface area (Å²) in [5.74, 6) is 0.230. The van der Waals surface area contributed by atoms with Crippen LogP contribution in [0.1, 0.15) is 30.9 Å². The lowest BCUT2D eigenvalue weighted by atomic mass is 9.94. The first kappa shape index (κ1) is 14.5. The van der Waals surface area contributed by atoms with Crippen molar-refractivity contribution in [1.82, 2.24) is 10.2 Å². The van der Waals surface area contributed by atoms with E-state index in [2.05, 4.69) is 29.6 Å². The number of hydrogen-bond donors (Lipinski definition) is 1. The van der Waals surface area contributed by atoms with Gasteiger partial charge in [0.25, 0.3) is 0 Å². The van der Waals surface area contributed by atoms with Crippen molar-refractivity contribution in [3.05, 3.63) is 35.4 Å². The van der Waals surface area contributed by atoms with Crippen LogP contribution in [0, 0.1) is 0 Å². The maximum atomic E-state index is 12.7. The van der Waals surface area contributed by atoms with Gasteiger partial charge in [0, 0.05) is 26.2 Å². The molecule has 3 rings (SSSR count). The van der Waals surface area contributed by atoms with E-state index in [0.717, 1.165) is 45.5 Å². The fourth-order valence-electron chi connectivity index (χ4n) is 3.36. The average molecular weight is 288 g/mol. The van der Waals surface area contributed by atoms with Gasteiger partial charge in [-0.3, -0.25) is 4.79 Å². The molecule has 4 nitrogen and oxygen atoms in total. The Bertz CT molecular complexity index is 501. The number of amides is 1. The Kier molecular flexibility index (Phi) is 4.56. The monoisotopic (exact) mass is 288 g/mol. The minimum Gasteiger partial charge on any atom is -0.377 e. The van der Waals surface area contributed by atoms with E-state index < -0.39 is 0 Å². The SMILES string of the molecule is CCOC1CCCN(C(=O)[C@@H]2Cc3ccccc3CN2)C1. The van der Waals surface area contributed by atoms with Crippen LogP contribution in [-0.2, 0) is 22.5 Å². The Labute approximate surface area is 126 Å². The molecule has 0 saturated carbocycles. The zero-order valence-corrected chi connectivity index (χ0v) is 12.7. The Morgan fingerprint density at radius 3 is 3.00 bits per heavy atom. The fraction of sp³-hybridized carbons (Fsp3) is 0.588. The maximum Gasteiger partial charge on any atom is 0.240 e.